The number of nitrogens with one attached hydrogen (secondary N) is 2. The molecule has 0 saturated carbocycles. The van der Waals surface area contributed by atoms with Gasteiger partial charge in [-0.2, -0.15) is 0 Å². The molecule has 4 N–H and O–H groups in total. The van der Waals surface area contributed by atoms with E-state index in [2.05, 4.69) is 25.6 Å². The summed E-state index contributed by atoms with van der Waals surface area (Å²) in [6.45, 7) is 1.29. The second-order valence-electron chi connectivity index (χ2n) is 6.46. The Hall–Kier alpha value is -4.21. The van der Waals surface area contributed by atoms with Gasteiger partial charge in [0.2, 0.25) is 5.88 Å². The van der Waals surface area contributed by atoms with Crippen molar-refractivity contribution in [3.63, 3.8) is 0 Å². The summed E-state index contributed by atoms with van der Waals surface area (Å²) in [5.41, 5.74) is 6.83. The van der Waals surface area contributed by atoms with Crippen molar-refractivity contribution >= 4 is 23.2 Å². The average molecular weight is 421 g/mol. The van der Waals surface area contributed by atoms with E-state index in [1.807, 2.05) is 10.8 Å². The van der Waals surface area contributed by atoms with Crippen LogP contribution in [0.15, 0.2) is 61.6 Å². The molecule has 160 valence electrons. The number of rotatable bonds is 9. The van der Waals surface area contributed by atoms with E-state index in [0.29, 0.717) is 29.4 Å². The van der Waals surface area contributed by atoms with Gasteiger partial charge in [-0.3, -0.25) is 9.59 Å². The van der Waals surface area contributed by atoms with Crippen molar-refractivity contribution in [2.24, 2.45) is 5.73 Å². The molecule has 3 rings (SSSR count). The monoisotopic (exact) mass is 421 g/mol. The van der Waals surface area contributed by atoms with E-state index in [0.717, 1.165) is 13.0 Å². The van der Waals surface area contributed by atoms with Crippen molar-refractivity contribution in [1.29, 1.82) is 0 Å². The van der Waals surface area contributed by atoms with E-state index < -0.39 is 5.91 Å². The van der Waals surface area contributed by atoms with Crippen molar-refractivity contribution in [2.75, 3.05) is 19.0 Å². The van der Waals surface area contributed by atoms with Gasteiger partial charge < -0.3 is 25.7 Å². The van der Waals surface area contributed by atoms with Crippen molar-refractivity contribution in [3.05, 3.63) is 72.7 Å². The maximum atomic E-state index is 12.6. The highest BCUT2D eigenvalue weighted by molar-refractivity contribution is 6.25. The van der Waals surface area contributed by atoms with Gasteiger partial charge in [-0.1, -0.05) is 0 Å². The minimum absolute atomic E-state index is 0.234. The Morgan fingerprint density at radius 1 is 1.19 bits per heavy atom. The lowest BCUT2D eigenvalue weighted by Crippen LogP contribution is -2.25. The number of carbonyl (C=O) groups is 2. The molecule has 0 bridgehead atoms. The third kappa shape index (κ3) is 5.89. The molecule has 0 aromatic carbocycles. The Morgan fingerprint density at radius 2 is 2.06 bits per heavy atom. The molecule has 0 fully saturated rings. The van der Waals surface area contributed by atoms with E-state index in [9.17, 15) is 9.59 Å². The molecule has 0 radical (unpaired) electrons. The van der Waals surface area contributed by atoms with Crippen LogP contribution in [0.25, 0.3) is 5.57 Å². The number of imidazole rings is 1. The Labute approximate surface area is 179 Å². The van der Waals surface area contributed by atoms with Crippen LogP contribution in [0.2, 0.25) is 0 Å². The molecule has 0 unspecified atom stereocenters. The molecule has 0 aliphatic rings. The zero-order chi connectivity index (χ0) is 22.1. The Bertz CT molecular complexity index is 1050. The molecule has 2 amide bonds. The minimum atomic E-state index is -0.444. The SMILES string of the molecule is COc1cc(C(=CN)C(=O)Nc2ccc(C(=O)NCCCn3ccnc3)cn2)ccn1. The Kier molecular flexibility index (Phi) is 7.30. The smallest absolute Gasteiger partial charge is 0.258 e. The predicted molar refractivity (Wildman–Crippen MR) is 115 cm³/mol. The first-order chi connectivity index (χ1) is 15.1. The van der Waals surface area contributed by atoms with Crippen molar-refractivity contribution < 1.29 is 14.3 Å². The first-order valence-electron chi connectivity index (χ1n) is 9.54. The largest absolute Gasteiger partial charge is 0.481 e. The topological polar surface area (TPSA) is 137 Å². The summed E-state index contributed by atoms with van der Waals surface area (Å²) in [6.07, 6.45) is 10.2. The summed E-state index contributed by atoms with van der Waals surface area (Å²) in [7, 11) is 1.49. The average Bonchev–Trinajstić information content (AvgIpc) is 3.31. The Morgan fingerprint density at radius 3 is 2.74 bits per heavy atom. The molecule has 3 aromatic rings. The number of aryl methyl sites for hydroxylation is 1. The van der Waals surface area contributed by atoms with Gasteiger partial charge in [0, 0.05) is 50.1 Å². The molecule has 0 atom stereocenters. The second-order valence-corrected chi connectivity index (χ2v) is 6.46. The van der Waals surface area contributed by atoms with Gasteiger partial charge in [-0.25, -0.2) is 15.0 Å². The molecule has 0 saturated heterocycles. The quantitative estimate of drug-likeness (QED) is 0.351. The van der Waals surface area contributed by atoms with Gasteiger partial charge in [0.1, 0.15) is 5.82 Å². The summed E-state index contributed by atoms with van der Waals surface area (Å²) >= 11 is 0. The third-order valence-electron chi connectivity index (χ3n) is 4.37. The molecule has 10 nitrogen and oxygen atoms in total. The van der Waals surface area contributed by atoms with Crippen LogP contribution >= 0.6 is 0 Å². The number of amides is 2. The van der Waals surface area contributed by atoms with E-state index in [1.54, 1.807) is 36.8 Å². The highest BCUT2D eigenvalue weighted by atomic mass is 16.5. The van der Waals surface area contributed by atoms with Crippen LogP contribution in [0.1, 0.15) is 22.3 Å². The van der Waals surface area contributed by atoms with Crippen LogP contribution in [-0.4, -0.2) is 45.0 Å². The zero-order valence-corrected chi connectivity index (χ0v) is 17.0. The lowest BCUT2D eigenvalue weighted by molar-refractivity contribution is -0.111. The van der Waals surface area contributed by atoms with E-state index >= 15 is 0 Å². The number of pyridine rings is 2. The summed E-state index contributed by atoms with van der Waals surface area (Å²) in [5.74, 6) is -0.0208. The molecule has 0 aliphatic carbocycles. The number of carbonyl (C=O) groups excluding carboxylic acids is 2. The number of aromatic nitrogens is 4. The Balaban J connectivity index is 1.54. The molecule has 10 heteroatoms. The number of nitrogens with two attached hydrogens (primary N) is 1. The highest BCUT2D eigenvalue weighted by Gasteiger charge is 2.14. The van der Waals surface area contributed by atoms with E-state index in [-0.39, 0.29) is 11.5 Å². The van der Waals surface area contributed by atoms with Crippen molar-refractivity contribution in [2.45, 2.75) is 13.0 Å². The molecule has 3 heterocycles. The van der Waals surface area contributed by atoms with E-state index in [4.69, 9.17) is 10.5 Å². The number of methoxy groups -OCH3 is 1. The standard InChI is InChI=1S/C21H23N7O3/c1-31-19-11-15(5-7-24-19)17(12-22)21(30)27-18-4-3-16(13-26-18)20(29)25-6-2-9-28-10-8-23-14-28/h3-5,7-8,10-14H,2,6,9,22H2,1H3,(H,25,29)(H,26,27,30). The van der Waals surface area contributed by atoms with Gasteiger partial charge in [0.15, 0.2) is 0 Å². The third-order valence-corrected chi connectivity index (χ3v) is 4.37. The van der Waals surface area contributed by atoms with E-state index in [1.165, 1.54) is 25.7 Å². The molecule has 3 aromatic heterocycles. The fraction of sp³-hybridized carbons (Fsp3) is 0.190. The number of ether oxygens (including phenoxy) is 1. The number of anilines is 1. The van der Waals surface area contributed by atoms with Crippen LogP contribution in [0.4, 0.5) is 5.82 Å². The first-order valence-corrected chi connectivity index (χ1v) is 9.54. The summed E-state index contributed by atoms with van der Waals surface area (Å²) in [5, 5.41) is 5.50. The van der Waals surface area contributed by atoms with Crippen molar-refractivity contribution in [1.82, 2.24) is 24.8 Å². The summed E-state index contributed by atoms with van der Waals surface area (Å²) < 4.78 is 7.01. The molecular formula is C21H23N7O3. The van der Waals surface area contributed by atoms with Crippen LogP contribution < -0.4 is 21.1 Å². The minimum Gasteiger partial charge on any atom is -0.481 e. The van der Waals surface area contributed by atoms with Gasteiger partial charge in [-0.15, -0.1) is 0 Å². The van der Waals surface area contributed by atoms with Crippen molar-refractivity contribution in [3.8, 4) is 5.88 Å². The van der Waals surface area contributed by atoms with Gasteiger partial charge in [0.25, 0.3) is 11.8 Å². The van der Waals surface area contributed by atoms with Crippen LogP contribution in [0, 0.1) is 0 Å². The predicted octanol–water partition coefficient (Wildman–Crippen LogP) is 1.44. The van der Waals surface area contributed by atoms with Gasteiger partial charge in [0.05, 0.1) is 24.6 Å². The molecule has 0 spiro atoms. The second kappa shape index (κ2) is 10.5. The van der Waals surface area contributed by atoms with Crippen LogP contribution in [0.3, 0.4) is 0 Å². The normalized spacial score (nSPS) is 11.1. The number of hydrogen-bond acceptors (Lipinski definition) is 7. The fourth-order valence-corrected chi connectivity index (χ4v) is 2.76. The molecule has 0 aliphatic heterocycles. The van der Waals surface area contributed by atoms with Crippen LogP contribution in [-0.2, 0) is 11.3 Å². The zero-order valence-electron chi connectivity index (χ0n) is 17.0. The maximum absolute atomic E-state index is 12.6. The lowest BCUT2D eigenvalue weighted by Gasteiger charge is -2.10. The lowest BCUT2D eigenvalue weighted by atomic mass is 10.1. The van der Waals surface area contributed by atoms with Gasteiger partial charge in [-0.05, 0) is 30.2 Å². The highest BCUT2D eigenvalue weighted by Crippen LogP contribution is 2.19. The fourth-order valence-electron chi connectivity index (χ4n) is 2.76. The number of nitrogens with zero attached hydrogens (tertiary/aromatic N) is 4. The summed E-state index contributed by atoms with van der Waals surface area (Å²) in [6, 6.07) is 6.40. The van der Waals surface area contributed by atoms with Gasteiger partial charge >= 0.3 is 0 Å². The first kappa shape index (κ1) is 21.5. The summed E-state index contributed by atoms with van der Waals surface area (Å²) in [4.78, 5) is 36.9. The number of hydrogen-bond donors (Lipinski definition) is 3. The van der Waals surface area contributed by atoms with Crippen LogP contribution in [0.5, 0.6) is 5.88 Å². The molecule has 31 heavy (non-hydrogen) atoms. The molecular weight excluding hydrogens is 398 g/mol. The maximum Gasteiger partial charge on any atom is 0.258 e.